The van der Waals surface area contributed by atoms with E-state index in [0.717, 1.165) is 6.42 Å². The molecule has 0 spiro atoms. The van der Waals surface area contributed by atoms with Crippen LogP contribution in [0, 0.1) is 0 Å². The van der Waals surface area contributed by atoms with Crippen molar-refractivity contribution < 1.29 is 9.53 Å². The summed E-state index contributed by atoms with van der Waals surface area (Å²) >= 11 is 3.30. The molecule has 0 aromatic heterocycles. The average molecular weight is 298 g/mol. The Kier molecular flexibility index (Phi) is 4.18. The van der Waals surface area contributed by atoms with Gasteiger partial charge in [0.1, 0.15) is 4.83 Å². The van der Waals surface area contributed by atoms with Gasteiger partial charge in [-0.2, -0.15) is 0 Å². The Hall–Kier alpha value is -0.870. The van der Waals surface area contributed by atoms with Crippen molar-refractivity contribution in [3.63, 3.8) is 0 Å². The number of carbonyl (C=O) groups is 1. The minimum atomic E-state index is -0.260. The Balaban J connectivity index is 1.76. The van der Waals surface area contributed by atoms with Crippen LogP contribution in [-0.4, -0.2) is 30.5 Å². The third-order valence-corrected chi connectivity index (χ3v) is 3.73. The van der Waals surface area contributed by atoms with Crippen molar-refractivity contribution in [2.24, 2.45) is 0 Å². The lowest BCUT2D eigenvalue weighted by molar-refractivity contribution is -0.139. The smallest absolute Gasteiger partial charge is 0.320 e. The fourth-order valence-electron chi connectivity index (χ4n) is 1.96. The van der Waals surface area contributed by atoms with Gasteiger partial charge in [-0.25, -0.2) is 0 Å². The Morgan fingerprint density at radius 2 is 2.24 bits per heavy atom. The topological polar surface area (TPSA) is 38.3 Å². The van der Waals surface area contributed by atoms with Crippen LogP contribution in [0.15, 0.2) is 30.3 Å². The lowest BCUT2D eigenvalue weighted by Crippen LogP contribution is -2.31. The molecule has 3 atom stereocenters. The summed E-state index contributed by atoms with van der Waals surface area (Å²) in [6.07, 6.45) is 1.14. The number of benzene rings is 1. The van der Waals surface area contributed by atoms with E-state index in [-0.39, 0.29) is 10.8 Å². The second-order valence-electron chi connectivity index (χ2n) is 4.26. The Bertz CT molecular complexity index is 382. The molecule has 0 heterocycles. The summed E-state index contributed by atoms with van der Waals surface area (Å²) in [5.74, 6) is 0.364. The summed E-state index contributed by atoms with van der Waals surface area (Å²) in [6.45, 7) is 0.612. The van der Waals surface area contributed by atoms with Crippen LogP contribution in [0.4, 0.5) is 0 Å². The number of carbonyl (C=O) groups excluding carboxylic acids is 1. The predicted octanol–water partition coefficient (Wildman–Crippen LogP) is 2.07. The van der Waals surface area contributed by atoms with Gasteiger partial charge in [0.2, 0.25) is 0 Å². The number of rotatable bonds is 5. The molecule has 3 nitrogen and oxygen atoms in total. The molecule has 0 saturated heterocycles. The van der Waals surface area contributed by atoms with E-state index in [4.69, 9.17) is 0 Å². The van der Waals surface area contributed by atoms with Gasteiger partial charge in [-0.1, -0.05) is 46.3 Å². The fraction of sp³-hybridized carbons (Fsp3) is 0.462. The van der Waals surface area contributed by atoms with Gasteiger partial charge in [0, 0.05) is 18.5 Å². The second-order valence-corrected chi connectivity index (χ2v) is 5.36. The second kappa shape index (κ2) is 5.65. The molecular weight excluding hydrogens is 282 g/mol. The van der Waals surface area contributed by atoms with E-state index in [0.29, 0.717) is 18.5 Å². The molecule has 92 valence electrons. The predicted molar refractivity (Wildman–Crippen MR) is 70.3 cm³/mol. The van der Waals surface area contributed by atoms with Crippen LogP contribution >= 0.6 is 15.9 Å². The summed E-state index contributed by atoms with van der Waals surface area (Å²) in [5.41, 5.74) is 1.37. The molecule has 1 aliphatic rings. The molecule has 0 radical (unpaired) electrons. The molecule has 1 saturated carbocycles. The normalized spacial score (nSPS) is 24.1. The number of halogens is 1. The molecular formula is C13H16BrNO2. The van der Waals surface area contributed by atoms with Gasteiger partial charge >= 0.3 is 5.97 Å². The first-order valence-corrected chi connectivity index (χ1v) is 6.64. The van der Waals surface area contributed by atoms with Gasteiger partial charge in [-0.15, -0.1) is 0 Å². The van der Waals surface area contributed by atoms with E-state index in [1.807, 2.05) is 6.07 Å². The largest absolute Gasteiger partial charge is 0.468 e. The molecule has 1 N–H and O–H groups in total. The van der Waals surface area contributed by atoms with Crippen LogP contribution < -0.4 is 5.32 Å². The van der Waals surface area contributed by atoms with Crippen LogP contribution in [0.5, 0.6) is 0 Å². The number of nitrogens with one attached hydrogen (secondary N) is 1. The van der Waals surface area contributed by atoms with Crippen LogP contribution in [0.1, 0.15) is 17.9 Å². The van der Waals surface area contributed by atoms with Crippen molar-refractivity contribution in [2.45, 2.75) is 23.2 Å². The maximum absolute atomic E-state index is 11.2. The third kappa shape index (κ3) is 3.30. The summed E-state index contributed by atoms with van der Waals surface area (Å²) in [7, 11) is 1.40. The molecule has 3 unspecified atom stereocenters. The molecule has 0 aliphatic heterocycles. The van der Waals surface area contributed by atoms with E-state index in [2.05, 4.69) is 50.2 Å². The molecule has 2 rings (SSSR count). The molecule has 1 fully saturated rings. The number of hydrogen-bond donors (Lipinski definition) is 1. The maximum Gasteiger partial charge on any atom is 0.320 e. The zero-order chi connectivity index (χ0) is 12.3. The third-order valence-electron chi connectivity index (χ3n) is 3.03. The van der Waals surface area contributed by atoms with Gasteiger partial charge in [-0.3, -0.25) is 4.79 Å². The summed E-state index contributed by atoms with van der Waals surface area (Å²) in [4.78, 5) is 10.9. The van der Waals surface area contributed by atoms with E-state index in [1.165, 1.54) is 12.7 Å². The van der Waals surface area contributed by atoms with Gasteiger partial charge < -0.3 is 10.1 Å². The van der Waals surface area contributed by atoms with E-state index in [1.54, 1.807) is 0 Å². The number of ether oxygens (including phenoxy) is 1. The fourth-order valence-corrected chi connectivity index (χ4v) is 2.33. The average Bonchev–Trinajstić information content (AvgIpc) is 3.15. The van der Waals surface area contributed by atoms with Crippen LogP contribution in [0.2, 0.25) is 0 Å². The van der Waals surface area contributed by atoms with E-state index in [9.17, 15) is 4.79 Å². The first-order valence-electron chi connectivity index (χ1n) is 5.72. The van der Waals surface area contributed by atoms with E-state index < -0.39 is 0 Å². The first kappa shape index (κ1) is 12.6. The van der Waals surface area contributed by atoms with Crippen molar-refractivity contribution in [1.29, 1.82) is 0 Å². The highest BCUT2D eigenvalue weighted by Crippen LogP contribution is 2.40. The van der Waals surface area contributed by atoms with Crippen molar-refractivity contribution >= 4 is 21.9 Å². The molecule has 0 amide bonds. The number of methoxy groups -OCH3 is 1. The lowest BCUT2D eigenvalue weighted by atomic mass is 10.1. The summed E-state index contributed by atoms with van der Waals surface area (Å²) < 4.78 is 4.65. The standard InChI is InChI=1S/C13H16BrNO2/c1-17-13(16)11(14)8-15-12-7-10(12)9-5-3-2-4-6-9/h2-6,10-12,15H,7-8H2,1H3. The quantitative estimate of drug-likeness (QED) is 0.668. The molecule has 4 heteroatoms. The Morgan fingerprint density at radius 3 is 2.88 bits per heavy atom. The molecule has 1 aromatic carbocycles. The van der Waals surface area contributed by atoms with Crippen LogP contribution in [0.3, 0.4) is 0 Å². The first-order chi connectivity index (χ1) is 8.22. The molecule has 0 bridgehead atoms. The van der Waals surface area contributed by atoms with Gasteiger partial charge in [0.15, 0.2) is 0 Å². The molecule has 17 heavy (non-hydrogen) atoms. The van der Waals surface area contributed by atoms with Crippen molar-refractivity contribution in [3.8, 4) is 0 Å². The van der Waals surface area contributed by atoms with Crippen molar-refractivity contribution in [3.05, 3.63) is 35.9 Å². The monoisotopic (exact) mass is 297 g/mol. The maximum atomic E-state index is 11.2. The molecule has 1 aliphatic carbocycles. The minimum absolute atomic E-state index is 0.227. The number of hydrogen-bond acceptors (Lipinski definition) is 3. The van der Waals surface area contributed by atoms with Crippen LogP contribution in [0.25, 0.3) is 0 Å². The minimum Gasteiger partial charge on any atom is -0.468 e. The van der Waals surface area contributed by atoms with Gasteiger partial charge in [-0.05, 0) is 12.0 Å². The Labute approximate surface area is 110 Å². The SMILES string of the molecule is COC(=O)C(Br)CNC1CC1c1ccccc1. The highest BCUT2D eigenvalue weighted by molar-refractivity contribution is 9.10. The zero-order valence-electron chi connectivity index (χ0n) is 9.73. The Morgan fingerprint density at radius 1 is 1.53 bits per heavy atom. The lowest BCUT2D eigenvalue weighted by Gasteiger charge is -2.08. The van der Waals surface area contributed by atoms with E-state index >= 15 is 0 Å². The van der Waals surface area contributed by atoms with Crippen LogP contribution in [-0.2, 0) is 9.53 Å². The number of alkyl halides is 1. The highest BCUT2D eigenvalue weighted by Gasteiger charge is 2.38. The highest BCUT2D eigenvalue weighted by atomic mass is 79.9. The van der Waals surface area contributed by atoms with Gasteiger partial charge in [0.25, 0.3) is 0 Å². The summed E-state index contributed by atoms with van der Waals surface area (Å²) in [5, 5.41) is 3.37. The summed E-state index contributed by atoms with van der Waals surface area (Å²) in [6, 6.07) is 10.9. The zero-order valence-corrected chi connectivity index (χ0v) is 11.3. The van der Waals surface area contributed by atoms with Gasteiger partial charge in [0.05, 0.1) is 7.11 Å². The van der Waals surface area contributed by atoms with Crippen molar-refractivity contribution in [1.82, 2.24) is 5.32 Å². The number of esters is 1. The van der Waals surface area contributed by atoms with Crippen molar-refractivity contribution in [2.75, 3.05) is 13.7 Å². The molecule has 1 aromatic rings.